The van der Waals surface area contributed by atoms with Crippen LogP contribution in [-0.4, -0.2) is 32.4 Å². The third kappa shape index (κ3) is 4.01. The van der Waals surface area contributed by atoms with Crippen LogP contribution >= 0.6 is 23.2 Å². The van der Waals surface area contributed by atoms with Gasteiger partial charge in [-0.2, -0.15) is 4.31 Å². The van der Waals surface area contributed by atoms with E-state index in [1.807, 2.05) is 19.9 Å². The van der Waals surface area contributed by atoms with Gasteiger partial charge in [0.2, 0.25) is 10.0 Å². The van der Waals surface area contributed by atoms with Crippen molar-refractivity contribution >= 4 is 33.2 Å². The molecule has 2 aromatic carbocycles. The second-order valence-electron chi connectivity index (χ2n) is 6.17. The molecule has 1 aliphatic rings. The van der Waals surface area contributed by atoms with Gasteiger partial charge in [0.25, 0.3) is 0 Å². The van der Waals surface area contributed by atoms with Crippen LogP contribution in [0, 0.1) is 13.8 Å². The molecule has 0 saturated carbocycles. The molecular formula is C18H19Cl2NO3S. The Morgan fingerprint density at radius 2 is 1.72 bits per heavy atom. The Kier molecular flexibility index (Phi) is 5.42. The molecule has 7 heteroatoms. The van der Waals surface area contributed by atoms with Gasteiger partial charge in [-0.25, -0.2) is 8.42 Å². The quantitative estimate of drug-likeness (QED) is 0.769. The van der Waals surface area contributed by atoms with Crippen LogP contribution in [0.5, 0.6) is 0 Å². The number of morpholine rings is 1. The summed E-state index contributed by atoms with van der Waals surface area (Å²) in [6, 6.07) is 10.3. The smallest absolute Gasteiger partial charge is 0.243 e. The summed E-state index contributed by atoms with van der Waals surface area (Å²) in [4.78, 5) is 0.306. The van der Waals surface area contributed by atoms with E-state index in [0.717, 1.165) is 16.7 Å². The van der Waals surface area contributed by atoms with Gasteiger partial charge in [-0.15, -0.1) is 0 Å². The summed E-state index contributed by atoms with van der Waals surface area (Å²) in [5.74, 6) is 0. The summed E-state index contributed by atoms with van der Waals surface area (Å²) >= 11 is 12.1. The molecule has 0 aliphatic carbocycles. The van der Waals surface area contributed by atoms with Crippen LogP contribution in [0.2, 0.25) is 10.0 Å². The van der Waals surface area contributed by atoms with E-state index in [0.29, 0.717) is 28.1 Å². The average Bonchev–Trinajstić information content (AvgIpc) is 2.56. The highest BCUT2D eigenvalue weighted by Crippen LogP contribution is 2.30. The highest BCUT2D eigenvalue weighted by Gasteiger charge is 2.31. The zero-order chi connectivity index (χ0) is 18.2. The summed E-state index contributed by atoms with van der Waals surface area (Å²) < 4.78 is 33.2. The van der Waals surface area contributed by atoms with Crippen LogP contribution < -0.4 is 0 Å². The molecule has 1 fully saturated rings. The standard InChI is InChI=1S/C18H19Cl2NO3S/c1-12-3-4-17(7-13(12)2)25(22,23)21-5-6-24-18(11-21)14-8-15(19)10-16(20)9-14/h3-4,7-10,18H,5-6,11H2,1-2H3. The van der Waals surface area contributed by atoms with E-state index in [2.05, 4.69) is 0 Å². The van der Waals surface area contributed by atoms with Crippen molar-refractivity contribution in [1.29, 1.82) is 0 Å². The molecule has 0 spiro atoms. The molecule has 0 radical (unpaired) electrons. The van der Waals surface area contributed by atoms with Crippen molar-refractivity contribution in [2.75, 3.05) is 19.7 Å². The lowest BCUT2D eigenvalue weighted by Gasteiger charge is -2.32. The number of ether oxygens (including phenoxy) is 1. The van der Waals surface area contributed by atoms with E-state index in [1.54, 1.807) is 30.3 Å². The number of halogens is 2. The van der Waals surface area contributed by atoms with Crippen LogP contribution in [0.4, 0.5) is 0 Å². The highest BCUT2D eigenvalue weighted by molar-refractivity contribution is 7.89. The first-order chi connectivity index (χ1) is 11.8. The first-order valence-corrected chi connectivity index (χ1v) is 10.1. The van der Waals surface area contributed by atoms with Crippen LogP contribution in [0.1, 0.15) is 22.8 Å². The number of rotatable bonds is 3. The van der Waals surface area contributed by atoms with Crippen molar-refractivity contribution in [2.45, 2.75) is 24.8 Å². The maximum absolute atomic E-state index is 13.0. The molecule has 3 rings (SSSR count). The monoisotopic (exact) mass is 399 g/mol. The van der Waals surface area contributed by atoms with Crippen LogP contribution in [0.15, 0.2) is 41.3 Å². The normalized spacial score (nSPS) is 19.1. The molecule has 134 valence electrons. The minimum Gasteiger partial charge on any atom is -0.371 e. The maximum atomic E-state index is 13.0. The summed E-state index contributed by atoms with van der Waals surface area (Å²) in [5, 5.41) is 1.00. The van der Waals surface area contributed by atoms with Gasteiger partial charge in [-0.3, -0.25) is 0 Å². The third-order valence-electron chi connectivity index (χ3n) is 4.40. The Bertz CT molecular complexity index is 879. The Morgan fingerprint density at radius 3 is 2.36 bits per heavy atom. The van der Waals surface area contributed by atoms with Crippen molar-refractivity contribution in [3.05, 3.63) is 63.1 Å². The topological polar surface area (TPSA) is 46.6 Å². The van der Waals surface area contributed by atoms with Gasteiger partial charge in [0.15, 0.2) is 0 Å². The molecule has 1 unspecified atom stereocenters. The molecule has 2 aromatic rings. The molecule has 1 aliphatic heterocycles. The van der Waals surface area contributed by atoms with Crippen LogP contribution in [0.25, 0.3) is 0 Å². The molecule has 25 heavy (non-hydrogen) atoms. The molecule has 0 aromatic heterocycles. The maximum Gasteiger partial charge on any atom is 0.243 e. The number of nitrogens with zero attached hydrogens (tertiary/aromatic N) is 1. The first kappa shape index (κ1) is 18.7. The van der Waals surface area contributed by atoms with Crippen molar-refractivity contribution in [3.8, 4) is 0 Å². The SMILES string of the molecule is Cc1ccc(S(=O)(=O)N2CCOC(c3cc(Cl)cc(Cl)c3)C2)cc1C. The lowest BCUT2D eigenvalue weighted by atomic mass is 10.1. The Balaban J connectivity index is 1.88. The minimum absolute atomic E-state index is 0.228. The molecule has 0 N–H and O–H groups in total. The second-order valence-corrected chi connectivity index (χ2v) is 8.98. The minimum atomic E-state index is -3.58. The number of hydrogen-bond donors (Lipinski definition) is 0. The van der Waals surface area contributed by atoms with Gasteiger partial charge in [-0.05, 0) is 60.9 Å². The van der Waals surface area contributed by atoms with E-state index in [-0.39, 0.29) is 6.54 Å². The summed E-state index contributed by atoms with van der Waals surface area (Å²) in [5.41, 5.74) is 2.79. The summed E-state index contributed by atoms with van der Waals surface area (Å²) in [7, 11) is -3.58. The lowest BCUT2D eigenvalue weighted by molar-refractivity contribution is -0.00254. The van der Waals surface area contributed by atoms with Gasteiger partial charge in [0, 0.05) is 23.1 Å². The predicted molar refractivity (Wildman–Crippen MR) is 99.8 cm³/mol. The largest absolute Gasteiger partial charge is 0.371 e. The first-order valence-electron chi connectivity index (χ1n) is 7.92. The lowest BCUT2D eigenvalue weighted by Crippen LogP contribution is -2.42. The Hall–Kier alpha value is -1.11. The molecular weight excluding hydrogens is 381 g/mol. The number of sulfonamides is 1. The van der Waals surface area contributed by atoms with E-state index in [4.69, 9.17) is 27.9 Å². The fourth-order valence-electron chi connectivity index (χ4n) is 2.83. The van der Waals surface area contributed by atoms with Crippen molar-refractivity contribution in [1.82, 2.24) is 4.31 Å². The Labute approximate surface area is 158 Å². The summed E-state index contributed by atoms with van der Waals surface area (Å²) in [6.45, 7) is 4.73. The van der Waals surface area contributed by atoms with Gasteiger partial charge in [0.05, 0.1) is 17.6 Å². The zero-order valence-electron chi connectivity index (χ0n) is 14.0. The molecule has 4 nitrogen and oxygen atoms in total. The second kappa shape index (κ2) is 7.25. The van der Waals surface area contributed by atoms with E-state index in [1.165, 1.54) is 4.31 Å². The van der Waals surface area contributed by atoms with Gasteiger partial charge >= 0.3 is 0 Å². The van der Waals surface area contributed by atoms with Crippen molar-refractivity contribution < 1.29 is 13.2 Å². The number of benzene rings is 2. The van der Waals surface area contributed by atoms with Crippen molar-refractivity contribution in [2.24, 2.45) is 0 Å². The number of aryl methyl sites for hydroxylation is 2. The van der Waals surface area contributed by atoms with Gasteiger partial charge < -0.3 is 4.74 Å². The summed E-state index contributed by atoms with van der Waals surface area (Å²) in [6.07, 6.45) is -0.397. The molecule has 1 heterocycles. The van der Waals surface area contributed by atoms with Crippen LogP contribution in [0.3, 0.4) is 0 Å². The average molecular weight is 400 g/mol. The number of hydrogen-bond acceptors (Lipinski definition) is 3. The molecule has 1 atom stereocenters. The predicted octanol–water partition coefficient (Wildman–Crippen LogP) is 4.37. The van der Waals surface area contributed by atoms with E-state index in [9.17, 15) is 8.42 Å². The fourth-order valence-corrected chi connectivity index (χ4v) is 4.88. The molecule has 0 bridgehead atoms. The van der Waals surface area contributed by atoms with Crippen LogP contribution in [-0.2, 0) is 14.8 Å². The molecule has 1 saturated heterocycles. The zero-order valence-corrected chi connectivity index (χ0v) is 16.3. The van der Waals surface area contributed by atoms with Crippen molar-refractivity contribution in [3.63, 3.8) is 0 Å². The van der Waals surface area contributed by atoms with Gasteiger partial charge in [-0.1, -0.05) is 29.3 Å². The highest BCUT2D eigenvalue weighted by atomic mass is 35.5. The van der Waals surface area contributed by atoms with Gasteiger partial charge in [0.1, 0.15) is 0 Å². The van der Waals surface area contributed by atoms with E-state index < -0.39 is 16.1 Å². The third-order valence-corrected chi connectivity index (χ3v) is 6.70. The fraction of sp³-hybridized carbons (Fsp3) is 0.333. The Morgan fingerprint density at radius 1 is 1.04 bits per heavy atom. The van der Waals surface area contributed by atoms with E-state index >= 15 is 0 Å². The molecule has 0 amide bonds.